The molecule has 0 unspecified atom stereocenters. The Morgan fingerprint density at radius 2 is 2.11 bits per heavy atom. The monoisotopic (exact) mass is 239 g/mol. The lowest BCUT2D eigenvalue weighted by Crippen LogP contribution is -2.12. The summed E-state index contributed by atoms with van der Waals surface area (Å²) in [6.45, 7) is 3.93. The number of aromatic nitrogens is 2. The van der Waals surface area contributed by atoms with E-state index in [4.69, 9.17) is 5.26 Å². The summed E-state index contributed by atoms with van der Waals surface area (Å²) in [6.07, 6.45) is 0. The Hall–Kier alpha value is -2.41. The summed E-state index contributed by atoms with van der Waals surface area (Å²) in [4.78, 5) is 18.7. The molecule has 2 rings (SSSR count). The SMILES string of the molecule is CC(C)c1nc(-c2cccc(C#N)c2)cc(=O)[nH]1. The Labute approximate surface area is 105 Å². The van der Waals surface area contributed by atoms with E-state index in [1.54, 1.807) is 18.2 Å². The number of nitrogens with zero attached hydrogens (tertiary/aromatic N) is 2. The van der Waals surface area contributed by atoms with Crippen LogP contribution in [0.25, 0.3) is 11.3 Å². The zero-order valence-electron chi connectivity index (χ0n) is 10.3. The van der Waals surface area contributed by atoms with Crippen molar-refractivity contribution in [1.82, 2.24) is 9.97 Å². The largest absolute Gasteiger partial charge is 0.310 e. The normalized spacial score (nSPS) is 10.3. The van der Waals surface area contributed by atoms with Crippen LogP contribution in [0.1, 0.15) is 31.2 Å². The number of nitrogens with one attached hydrogen (secondary N) is 1. The molecule has 0 aliphatic rings. The first-order chi connectivity index (χ1) is 8.60. The fourth-order valence-electron chi connectivity index (χ4n) is 1.65. The van der Waals surface area contributed by atoms with Crippen LogP contribution < -0.4 is 5.56 Å². The molecule has 0 atom stereocenters. The van der Waals surface area contributed by atoms with Crippen LogP contribution in [0, 0.1) is 11.3 Å². The molecular weight excluding hydrogens is 226 g/mol. The average Bonchev–Trinajstić information content (AvgIpc) is 2.38. The van der Waals surface area contributed by atoms with E-state index >= 15 is 0 Å². The van der Waals surface area contributed by atoms with Crippen molar-refractivity contribution in [1.29, 1.82) is 5.26 Å². The highest BCUT2D eigenvalue weighted by Gasteiger charge is 2.07. The Morgan fingerprint density at radius 1 is 1.33 bits per heavy atom. The second-order valence-corrected chi connectivity index (χ2v) is 4.36. The molecule has 1 aromatic carbocycles. The molecule has 0 bridgehead atoms. The van der Waals surface area contributed by atoms with E-state index in [1.165, 1.54) is 6.07 Å². The van der Waals surface area contributed by atoms with Crippen molar-refractivity contribution in [3.05, 3.63) is 52.1 Å². The molecule has 4 nitrogen and oxygen atoms in total. The maximum absolute atomic E-state index is 11.6. The summed E-state index contributed by atoms with van der Waals surface area (Å²) in [6, 6.07) is 10.6. The van der Waals surface area contributed by atoms with Gasteiger partial charge in [-0.3, -0.25) is 4.79 Å². The smallest absolute Gasteiger partial charge is 0.251 e. The van der Waals surface area contributed by atoms with Gasteiger partial charge in [-0.15, -0.1) is 0 Å². The highest BCUT2D eigenvalue weighted by atomic mass is 16.1. The number of aromatic amines is 1. The molecule has 0 aliphatic carbocycles. The third-order valence-corrected chi connectivity index (χ3v) is 2.59. The second-order valence-electron chi connectivity index (χ2n) is 4.36. The third-order valence-electron chi connectivity index (χ3n) is 2.59. The van der Waals surface area contributed by atoms with Gasteiger partial charge in [0.05, 0.1) is 17.3 Å². The summed E-state index contributed by atoms with van der Waals surface area (Å²) in [7, 11) is 0. The van der Waals surface area contributed by atoms with E-state index in [2.05, 4.69) is 16.0 Å². The van der Waals surface area contributed by atoms with Crippen molar-refractivity contribution in [2.75, 3.05) is 0 Å². The van der Waals surface area contributed by atoms with E-state index in [1.807, 2.05) is 19.9 Å². The zero-order chi connectivity index (χ0) is 13.1. The summed E-state index contributed by atoms with van der Waals surface area (Å²) in [5, 5.41) is 8.87. The molecule has 0 saturated carbocycles. The van der Waals surface area contributed by atoms with Crippen molar-refractivity contribution in [3.8, 4) is 17.3 Å². The Balaban J connectivity index is 2.57. The Bertz CT molecular complexity index is 665. The predicted molar refractivity (Wildman–Crippen MR) is 69.1 cm³/mol. The van der Waals surface area contributed by atoms with Gasteiger partial charge in [0.2, 0.25) is 0 Å². The minimum Gasteiger partial charge on any atom is -0.310 e. The number of H-pyrrole nitrogens is 1. The number of benzene rings is 1. The first-order valence-electron chi connectivity index (χ1n) is 5.72. The average molecular weight is 239 g/mol. The lowest BCUT2D eigenvalue weighted by molar-refractivity contribution is 0.768. The zero-order valence-corrected chi connectivity index (χ0v) is 10.3. The van der Waals surface area contributed by atoms with Gasteiger partial charge in [-0.05, 0) is 12.1 Å². The molecule has 0 fully saturated rings. The molecule has 2 aromatic rings. The van der Waals surface area contributed by atoms with E-state index in [9.17, 15) is 4.79 Å². The van der Waals surface area contributed by atoms with Crippen LogP contribution in [0.2, 0.25) is 0 Å². The van der Waals surface area contributed by atoms with Gasteiger partial charge in [-0.25, -0.2) is 4.98 Å². The number of rotatable bonds is 2. The van der Waals surface area contributed by atoms with Crippen molar-refractivity contribution in [2.24, 2.45) is 0 Å². The lowest BCUT2D eigenvalue weighted by atomic mass is 10.1. The Morgan fingerprint density at radius 3 is 2.78 bits per heavy atom. The second kappa shape index (κ2) is 4.84. The van der Waals surface area contributed by atoms with Crippen LogP contribution >= 0.6 is 0 Å². The van der Waals surface area contributed by atoms with Crippen molar-refractivity contribution in [2.45, 2.75) is 19.8 Å². The third kappa shape index (κ3) is 2.46. The van der Waals surface area contributed by atoms with Gasteiger partial charge in [0, 0.05) is 17.5 Å². The molecule has 1 aromatic heterocycles. The number of hydrogen-bond acceptors (Lipinski definition) is 3. The summed E-state index contributed by atoms with van der Waals surface area (Å²) in [5.74, 6) is 0.802. The minimum atomic E-state index is -0.175. The molecule has 0 radical (unpaired) electrons. The van der Waals surface area contributed by atoms with Gasteiger partial charge in [0.15, 0.2) is 0 Å². The van der Waals surface area contributed by atoms with Crippen molar-refractivity contribution < 1.29 is 0 Å². The molecule has 90 valence electrons. The molecule has 1 heterocycles. The first-order valence-corrected chi connectivity index (χ1v) is 5.72. The topological polar surface area (TPSA) is 69.5 Å². The van der Waals surface area contributed by atoms with Crippen LogP contribution in [-0.2, 0) is 0 Å². The summed E-state index contributed by atoms with van der Waals surface area (Å²) < 4.78 is 0. The Kier molecular flexibility index (Phi) is 3.24. The van der Waals surface area contributed by atoms with Crippen LogP contribution in [-0.4, -0.2) is 9.97 Å². The molecule has 0 amide bonds. The minimum absolute atomic E-state index is 0.150. The molecule has 4 heteroatoms. The highest BCUT2D eigenvalue weighted by Crippen LogP contribution is 2.18. The number of nitriles is 1. The van der Waals surface area contributed by atoms with Gasteiger partial charge in [-0.2, -0.15) is 5.26 Å². The molecular formula is C14H13N3O. The van der Waals surface area contributed by atoms with Gasteiger partial charge in [0.1, 0.15) is 5.82 Å². The van der Waals surface area contributed by atoms with E-state index < -0.39 is 0 Å². The first kappa shape index (κ1) is 12.1. The van der Waals surface area contributed by atoms with E-state index in [0.717, 1.165) is 5.56 Å². The fraction of sp³-hybridized carbons (Fsp3) is 0.214. The highest BCUT2D eigenvalue weighted by molar-refractivity contribution is 5.60. The number of hydrogen-bond donors (Lipinski definition) is 1. The maximum atomic E-state index is 11.6. The van der Waals surface area contributed by atoms with Gasteiger partial charge in [0.25, 0.3) is 5.56 Å². The van der Waals surface area contributed by atoms with E-state index in [-0.39, 0.29) is 11.5 Å². The summed E-state index contributed by atoms with van der Waals surface area (Å²) in [5.41, 5.74) is 1.76. The molecule has 1 N–H and O–H groups in total. The molecule has 0 aliphatic heterocycles. The van der Waals surface area contributed by atoms with Crippen LogP contribution in [0.3, 0.4) is 0 Å². The van der Waals surface area contributed by atoms with Crippen LogP contribution in [0.5, 0.6) is 0 Å². The standard InChI is InChI=1S/C14H13N3O/c1-9(2)14-16-12(7-13(18)17-14)11-5-3-4-10(6-11)8-15/h3-7,9H,1-2H3,(H,16,17,18). The fourth-order valence-corrected chi connectivity index (χ4v) is 1.65. The van der Waals surface area contributed by atoms with Crippen molar-refractivity contribution >= 4 is 0 Å². The van der Waals surface area contributed by atoms with Crippen LogP contribution in [0.15, 0.2) is 35.1 Å². The lowest BCUT2D eigenvalue weighted by Gasteiger charge is -2.07. The van der Waals surface area contributed by atoms with Gasteiger partial charge in [-0.1, -0.05) is 26.0 Å². The maximum Gasteiger partial charge on any atom is 0.251 e. The quantitative estimate of drug-likeness (QED) is 0.875. The van der Waals surface area contributed by atoms with E-state index in [0.29, 0.717) is 17.1 Å². The van der Waals surface area contributed by atoms with Gasteiger partial charge >= 0.3 is 0 Å². The van der Waals surface area contributed by atoms with Crippen LogP contribution in [0.4, 0.5) is 0 Å². The predicted octanol–water partition coefficient (Wildman–Crippen LogP) is 2.43. The molecule has 0 spiro atoms. The van der Waals surface area contributed by atoms with Gasteiger partial charge < -0.3 is 4.98 Å². The molecule has 0 saturated heterocycles. The summed E-state index contributed by atoms with van der Waals surface area (Å²) >= 11 is 0. The van der Waals surface area contributed by atoms with Crippen molar-refractivity contribution in [3.63, 3.8) is 0 Å². The molecule has 18 heavy (non-hydrogen) atoms.